The zero-order valence-corrected chi connectivity index (χ0v) is 21.8. The number of piperazine rings is 1. The summed E-state index contributed by atoms with van der Waals surface area (Å²) in [6.07, 6.45) is -0.306. The lowest BCUT2D eigenvalue weighted by Crippen LogP contribution is -2.74. The third-order valence-electron chi connectivity index (χ3n) is 6.26. The largest absolute Gasteiger partial charge is 0.346 e. The minimum atomic E-state index is -1.06. The quantitative estimate of drug-likeness (QED) is 0.415. The summed E-state index contributed by atoms with van der Waals surface area (Å²) in [5.74, 6) is -2.33. The Bertz CT molecular complexity index is 1190. The van der Waals surface area contributed by atoms with Gasteiger partial charge in [-0.2, -0.15) is 0 Å². The van der Waals surface area contributed by atoms with Gasteiger partial charge in [0.15, 0.2) is 0 Å². The number of nitrogens with one attached hydrogen (secondary N) is 1. The van der Waals surface area contributed by atoms with Crippen molar-refractivity contribution in [3.63, 3.8) is 0 Å². The number of benzene rings is 2. The molecule has 1 N–H and O–H groups in total. The van der Waals surface area contributed by atoms with Crippen molar-refractivity contribution in [3.8, 4) is 0 Å². The van der Waals surface area contributed by atoms with Gasteiger partial charge in [0.1, 0.15) is 29.9 Å². The molecule has 2 aromatic carbocycles. The molecule has 36 heavy (non-hydrogen) atoms. The van der Waals surface area contributed by atoms with Crippen molar-refractivity contribution < 1.29 is 23.2 Å². The van der Waals surface area contributed by atoms with Gasteiger partial charge in [-0.05, 0) is 55.6 Å². The van der Waals surface area contributed by atoms with Crippen molar-refractivity contribution in [1.29, 1.82) is 0 Å². The molecule has 0 bridgehead atoms. The van der Waals surface area contributed by atoms with E-state index in [9.17, 15) is 23.2 Å². The number of amides is 3. The number of hydrogen-bond donors (Lipinski definition) is 1. The molecule has 2 aromatic rings. The van der Waals surface area contributed by atoms with E-state index in [0.29, 0.717) is 21.4 Å². The molecule has 4 rings (SSSR count). The highest BCUT2D eigenvalue weighted by Crippen LogP contribution is 2.38. The summed E-state index contributed by atoms with van der Waals surface area (Å²) in [5.41, 5.74) is 0.109. The fourth-order valence-electron chi connectivity index (χ4n) is 4.49. The number of hydrogen-bond acceptors (Lipinski definition) is 5. The summed E-state index contributed by atoms with van der Waals surface area (Å²) < 4.78 is 30.0. The van der Waals surface area contributed by atoms with Crippen LogP contribution in [0, 0.1) is 11.6 Å². The topological polar surface area (TPSA) is 73.0 Å². The van der Waals surface area contributed by atoms with Crippen LogP contribution in [0.3, 0.4) is 0 Å². The molecule has 2 aliphatic heterocycles. The van der Waals surface area contributed by atoms with Crippen LogP contribution in [0.1, 0.15) is 19.4 Å². The van der Waals surface area contributed by atoms with E-state index in [-0.39, 0.29) is 37.0 Å². The molecule has 0 saturated carbocycles. The van der Waals surface area contributed by atoms with E-state index in [2.05, 4.69) is 5.32 Å². The summed E-state index contributed by atoms with van der Waals surface area (Å²) in [6.45, 7) is 4.08. The van der Waals surface area contributed by atoms with Crippen molar-refractivity contribution in [2.24, 2.45) is 0 Å². The van der Waals surface area contributed by atoms with Crippen molar-refractivity contribution in [2.45, 2.75) is 49.5 Å². The van der Waals surface area contributed by atoms with E-state index in [1.165, 1.54) is 22.9 Å². The molecule has 3 atom stereocenters. The molecule has 2 heterocycles. The normalized spacial score (nSPS) is 22.7. The van der Waals surface area contributed by atoms with Crippen LogP contribution in [0.25, 0.3) is 0 Å². The van der Waals surface area contributed by atoms with Gasteiger partial charge in [-0.1, -0.05) is 29.3 Å². The van der Waals surface area contributed by atoms with Crippen LogP contribution in [-0.4, -0.2) is 69.7 Å². The lowest BCUT2D eigenvalue weighted by Gasteiger charge is -2.54. The van der Waals surface area contributed by atoms with E-state index in [4.69, 9.17) is 23.2 Å². The highest BCUT2D eigenvalue weighted by atomic mass is 35.5. The Hall–Kier alpha value is -2.40. The van der Waals surface area contributed by atoms with E-state index in [0.717, 1.165) is 12.1 Å². The number of rotatable bonds is 7. The molecule has 2 saturated heterocycles. The Labute approximate surface area is 221 Å². The maximum Gasteiger partial charge on any atom is 0.248 e. The number of nitrogens with zero attached hydrogens (tertiary/aromatic N) is 3. The second-order valence-electron chi connectivity index (χ2n) is 8.87. The molecular formula is C24H24Cl2F2N4O3S. The van der Waals surface area contributed by atoms with Crippen molar-refractivity contribution >= 4 is 53.4 Å². The van der Waals surface area contributed by atoms with Crippen LogP contribution >= 0.6 is 35.1 Å². The standard InChI is InChI=1S/C24H24Cl2F2N4O3S/c1-13(2)30-11-22-31(36-21-6-4-15(25)8-17(21)26)10-19(29-12-33)23(34)32(22)20(24(30)35)7-14-3-5-16(27)9-18(14)28/h3-6,8-9,12-13,19-20,22H,7,10-11H2,1-2H3,(H,29,33). The Morgan fingerprint density at radius 1 is 1.11 bits per heavy atom. The van der Waals surface area contributed by atoms with E-state index in [1.54, 1.807) is 23.1 Å². The molecule has 0 aromatic heterocycles. The van der Waals surface area contributed by atoms with Gasteiger partial charge in [0.2, 0.25) is 18.2 Å². The van der Waals surface area contributed by atoms with Crippen LogP contribution in [-0.2, 0) is 20.8 Å². The predicted octanol–water partition coefficient (Wildman–Crippen LogP) is 3.73. The number of carbonyl (C=O) groups is 3. The van der Waals surface area contributed by atoms with Gasteiger partial charge in [0, 0.05) is 35.0 Å². The van der Waals surface area contributed by atoms with Crippen LogP contribution in [0.2, 0.25) is 10.0 Å². The molecule has 192 valence electrons. The highest BCUT2D eigenvalue weighted by molar-refractivity contribution is 7.97. The lowest BCUT2D eigenvalue weighted by molar-refractivity contribution is -0.168. The van der Waals surface area contributed by atoms with Crippen LogP contribution in [0.4, 0.5) is 8.78 Å². The van der Waals surface area contributed by atoms with Crippen LogP contribution < -0.4 is 5.32 Å². The van der Waals surface area contributed by atoms with E-state index >= 15 is 0 Å². The Balaban J connectivity index is 1.75. The zero-order chi connectivity index (χ0) is 26.1. The van der Waals surface area contributed by atoms with E-state index in [1.807, 2.05) is 18.2 Å². The lowest BCUT2D eigenvalue weighted by atomic mass is 9.96. The van der Waals surface area contributed by atoms with Gasteiger partial charge in [-0.3, -0.25) is 14.4 Å². The van der Waals surface area contributed by atoms with Crippen LogP contribution in [0.5, 0.6) is 0 Å². The first-order valence-corrected chi connectivity index (χ1v) is 12.8. The second-order valence-corrected chi connectivity index (χ2v) is 10.8. The smallest absolute Gasteiger partial charge is 0.248 e. The predicted molar refractivity (Wildman–Crippen MR) is 133 cm³/mol. The van der Waals surface area contributed by atoms with Crippen molar-refractivity contribution in [2.75, 3.05) is 13.1 Å². The number of halogens is 4. The first-order chi connectivity index (χ1) is 17.1. The minimum absolute atomic E-state index is 0.109. The summed E-state index contributed by atoms with van der Waals surface area (Å²) >= 11 is 13.7. The summed E-state index contributed by atoms with van der Waals surface area (Å²) in [6, 6.07) is 6.00. The molecule has 0 spiro atoms. The number of fused-ring (bicyclic) bond motifs is 1. The molecule has 2 aliphatic rings. The van der Waals surface area contributed by atoms with Gasteiger partial charge in [-0.25, -0.2) is 13.1 Å². The summed E-state index contributed by atoms with van der Waals surface area (Å²) in [4.78, 5) is 42.1. The first-order valence-electron chi connectivity index (χ1n) is 11.3. The maximum absolute atomic E-state index is 14.6. The third-order valence-corrected chi connectivity index (χ3v) is 8.10. The fraction of sp³-hybridized carbons (Fsp3) is 0.375. The van der Waals surface area contributed by atoms with Crippen LogP contribution in [0.15, 0.2) is 41.3 Å². The van der Waals surface area contributed by atoms with Gasteiger partial charge >= 0.3 is 0 Å². The molecule has 3 amide bonds. The summed E-state index contributed by atoms with van der Waals surface area (Å²) in [5, 5.41) is 3.41. The average molecular weight is 557 g/mol. The monoisotopic (exact) mass is 556 g/mol. The second kappa shape index (κ2) is 10.9. The SMILES string of the molecule is CC(C)N1CC2N(Sc3ccc(Cl)cc3Cl)CC(NC=O)C(=O)N2C(Cc2ccc(F)cc2F)C1=O. The summed E-state index contributed by atoms with van der Waals surface area (Å²) in [7, 11) is 0. The zero-order valence-electron chi connectivity index (χ0n) is 19.5. The van der Waals surface area contributed by atoms with Gasteiger partial charge in [-0.15, -0.1) is 0 Å². The molecule has 0 aliphatic carbocycles. The third kappa shape index (κ3) is 5.32. The van der Waals surface area contributed by atoms with Crippen molar-refractivity contribution in [1.82, 2.24) is 19.4 Å². The maximum atomic E-state index is 14.6. The fourth-order valence-corrected chi connectivity index (χ4v) is 6.04. The molecule has 12 heteroatoms. The highest BCUT2D eigenvalue weighted by Gasteiger charge is 2.51. The average Bonchev–Trinajstić information content (AvgIpc) is 2.81. The van der Waals surface area contributed by atoms with Crippen molar-refractivity contribution in [3.05, 3.63) is 63.6 Å². The van der Waals surface area contributed by atoms with Gasteiger partial charge < -0.3 is 15.1 Å². The molecule has 7 nitrogen and oxygen atoms in total. The van der Waals surface area contributed by atoms with Gasteiger partial charge in [0.25, 0.3) is 0 Å². The molecular weight excluding hydrogens is 533 g/mol. The molecule has 3 unspecified atom stereocenters. The Kier molecular flexibility index (Phi) is 8.09. The van der Waals surface area contributed by atoms with E-state index < -0.39 is 35.8 Å². The Morgan fingerprint density at radius 2 is 1.86 bits per heavy atom. The minimum Gasteiger partial charge on any atom is -0.346 e. The van der Waals surface area contributed by atoms with Gasteiger partial charge in [0.05, 0.1) is 11.6 Å². The first kappa shape index (κ1) is 26.7. The molecule has 0 radical (unpaired) electrons. The number of carbonyl (C=O) groups excluding carboxylic acids is 3. The molecule has 2 fully saturated rings. The Morgan fingerprint density at radius 3 is 2.50 bits per heavy atom.